The number of nitrogens with one attached hydrogen (secondary N) is 1. The third kappa shape index (κ3) is 4.92. The Kier molecular flexibility index (Phi) is 4.43. The van der Waals surface area contributed by atoms with Crippen molar-refractivity contribution in [1.82, 2.24) is 25.0 Å². The van der Waals surface area contributed by atoms with E-state index >= 15 is 0 Å². The van der Waals surface area contributed by atoms with Crippen molar-refractivity contribution in [3.8, 4) is 0 Å². The molecule has 0 unspecified atom stereocenters. The highest BCUT2D eigenvalue weighted by Gasteiger charge is 2.45. The predicted molar refractivity (Wildman–Crippen MR) is 133 cm³/mol. The lowest BCUT2D eigenvalue weighted by atomic mass is 10.1. The molecule has 0 bridgehead atoms. The fourth-order valence-electron chi connectivity index (χ4n) is 4.07. The van der Waals surface area contributed by atoms with Gasteiger partial charge in [-0.15, -0.1) is 5.10 Å². The summed E-state index contributed by atoms with van der Waals surface area (Å²) in [4.78, 5) is 8.55. The average Bonchev–Trinajstić information content (AvgIpc) is 3.21. The summed E-state index contributed by atoms with van der Waals surface area (Å²) in [5.74, 6) is -2.57. The van der Waals surface area contributed by atoms with Crippen LogP contribution in [0.3, 0.4) is 0 Å². The van der Waals surface area contributed by atoms with Crippen LogP contribution in [-0.4, -0.2) is 83.5 Å². The van der Waals surface area contributed by atoms with Crippen LogP contribution in [0.15, 0.2) is 23.3 Å². The van der Waals surface area contributed by atoms with Crippen molar-refractivity contribution in [2.75, 3.05) is 24.2 Å². The van der Waals surface area contributed by atoms with Crippen molar-refractivity contribution >= 4 is 28.7 Å². The number of benzene rings is 1. The van der Waals surface area contributed by atoms with E-state index in [0.717, 1.165) is 11.6 Å². The minimum Gasteiger partial charge on any atom is -0.394 e. The number of hydrogen-bond donors (Lipinski definition) is 4. The standard InChI is InChI=1S/C24H31FN6O4S/c1-3-8-36-24-27-22(26-16-10-14(16)13-5-4-12(2)15(25)9-13)19-23(28-24)31(30-29-19)17-11-18(35-7-6-32)21(34)20(17)33/h4-5,9,14,16-18,20-21,32-34H,3,6-8,10-11H2,1-2H3,(H,26,27,28)/t14-,16+,17+,18-,20-,21+/m0/s1/i3D2,4D,5D,6D2,8D2,9D,10D2. The number of aliphatic hydroxyl groups is 3. The Labute approximate surface area is 227 Å². The van der Waals surface area contributed by atoms with Gasteiger partial charge in [0.15, 0.2) is 22.1 Å². The maximum atomic E-state index is 14.8. The zero-order valence-electron chi connectivity index (χ0n) is 30.2. The second kappa shape index (κ2) is 10.5. The Morgan fingerprint density at radius 3 is 2.97 bits per heavy atom. The number of aromatic nitrogens is 5. The van der Waals surface area contributed by atoms with Crippen LogP contribution in [0.1, 0.15) is 64.3 Å². The molecule has 4 N–H and O–H groups in total. The van der Waals surface area contributed by atoms with Gasteiger partial charge >= 0.3 is 0 Å². The van der Waals surface area contributed by atoms with Crippen molar-refractivity contribution in [2.24, 2.45) is 0 Å². The molecule has 0 radical (unpaired) electrons. The second-order valence-corrected chi connectivity index (χ2v) is 9.07. The van der Waals surface area contributed by atoms with Crippen molar-refractivity contribution in [1.29, 1.82) is 0 Å². The molecule has 2 aliphatic carbocycles. The molecule has 3 aromatic rings. The number of hydrogen-bond acceptors (Lipinski definition) is 10. The lowest BCUT2D eigenvalue weighted by Gasteiger charge is -2.17. The van der Waals surface area contributed by atoms with Gasteiger partial charge in [-0.3, -0.25) is 0 Å². The van der Waals surface area contributed by atoms with E-state index in [1.807, 2.05) is 0 Å². The highest BCUT2D eigenvalue weighted by Crippen LogP contribution is 2.44. The Hall–Kier alpha value is -2.38. The first-order valence-corrected chi connectivity index (χ1v) is 11.8. The number of fused-ring (bicyclic) bond motifs is 1. The highest BCUT2D eigenvalue weighted by atomic mass is 32.2. The molecule has 2 heterocycles. The molecule has 2 saturated carbocycles. The average molecular weight is 530 g/mol. The lowest BCUT2D eigenvalue weighted by molar-refractivity contribution is -0.0629. The van der Waals surface area contributed by atoms with Crippen LogP contribution in [0.2, 0.25) is 0 Å². The van der Waals surface area contributed by atoms with E-state index in [-0.39, 0.29) is 39.7 Å². The van der Waals surface area contributed by atoms with Gasteiger partial charge in [0.25, 0.3) is 0 Å². The van der Waals surface area contributed by atoms with E-state index in [1.165, 1.54) is 6.92 Å². The fourth-order valence-corrected chi connectivity index (χ4v) is 4.53. The topological polar surface area (TPSA) is 138 Å². The molecule has 5 rings (SSSR count). The Morgan fingerprint density at radius 2 is 2.19 bits per heavy atom. The first kappa shape index (κ1) is 15.1. The first-order chi connectivity index (χ1) is 21.5. The van der Waals surface area contributed by atoms with Gasteiger partial charge in [-0.25, -0.2) is 19.0 Å². The van der Waals surface area contributed by atoms with Crippen molar-refractivity contribution in [2.45, 2.75) is 74.5 Å². The van der Waals surface area contributed by atoms with Crippen LogP contribution >= 0.6 is 11.8 Å². The molecule has 2 aliphatic rings. The Balaban J connectivity index is 1.56. The highest BCUT2D eigenvalue weighted by molar-refractivity contribution is 7.99. The van der Waals surface area contributed by atoms with Crippen LogP contribution in [0.25, 0.3) is 11.2 Å². The zero-order valence-corrected chi connectivity index (χ0v) is 20.0. The SMILES string of the molecule is [2H]c1c([2H])c([C@H]2[C@H](Nc3nc(SC([2H])([2H])C([2H])([2H])C)nc4c3nnn4[C@@H]3C[C@H](OCC([2H])([2H])O)[C@@H](O)[C@H]3O)C2([2H])[2H])c([2H])c(F)c1C. The van der Waals surface area contributed by atoms with Crippen molar-refractivity contribution in [3.63, 3.8) is 0 Å². The third-order valence-electron chi connectivity index (χ3n) is 5.97. The van der Waals surface area contributed by atoms with E-state index in [1.54, 1.807) is 0 Å². The van der Waals surface area contributed by atoms with Gasteiger partial charge in [-0.1, -0.05) is 36.0 Å². The summed E-state index contributed by atoms with van der Waals surface area (Å²) in [7, 11) is 0. The van der Waals surface area contributed by atoms with Crippen LogP contribution in [-0.2, 0) is 4.74 Å². The van der Waals surface area contributed by atoms with Gasteiger partial charge in [0.05, 0.1) is 32.2 Å². The molecule has 0 amide bonds. The zero-order chi connectivity index (χ0) is 35.2. The molecular formula is C24H31FN6O4S. The molecule has 10 nitrogen and oxygen atoms in total. The van der Waals surface area contributed by atoms with E-state index < -0.39 is 91.9 Å². The smallest absolute Gasteiger partial charge is 0.191 e. The lowest BCUT2D eigenvalue weighted by Crippen LogP contribution is -2.33. The van der Waals surface area contributed by atoms with Gasteiger partial charge in [0.2, 0.25) is 0 Å². The van der Waals surface area contributed by atoms with Gasteiger partial charge in [0, 0.05) is 32.3 Å². The number of aliphatic hydroxyl groups excluding tert-OH is 2. The third-order valence-corrected chi connectivity index (χ3v) is 6.64. The summed E-state index contributed by atoms with van der Waals surface area (Å²) in [5.41, 5.74) is -3.43. The minimum absolute atomic E-state index is 0.123. The van der Waals surface area contributed by atoms with Gasteiger partial charge in [-0.2, -0.15) is 0 Å². The van der Waals surface area contributed by atoms with Crippen LogP contribution < -0.4 is 5.32 Å². The number of rotatable bonds is 10. The molecule has 0 saturated heterocycles. The first-order valence-electron chi connectivity index (χ1n) is 16.5. The number of thioether (sulfide) groups is 1. The Bertz CT molecular complexity index is 1680. The van der Waals surface area contributed by atoms with Crippen LogP contribution in [0.5, 0.6) is 0 Å². The number of halogens is 1. The summed E-state index contributed by atoms with van der Waals surface area (Å²) in [5, 5.41) is 41.3. The largest absolute Gasteiger partial charge is 0.394 e. The number of ether oxygens (including phenoxy) is 1. The maximum Gasteiger partial charge on any atom is 0.191 e. The van der Waals surface area contributed by atoms with E-state index in [2.05, 4.69) is 25.6 Å². The Morgan fingerprint density at radius 1 is 1.36 bits per heavy atom. The van der Waals surface area contributed by atoms with Crippen molar-refractivity contribution in [3.05, 3.63) is 35.1 Å². The number of anilines is 1. The predicted octanol–water partition coefficient (Wildman–Crippen LogP) is 2.18. The summed E-state index contributed by atoms with van der Waals surface area (Å²) >= 11 is 0.297. The number of nitrogens with zero attached hydrogens (tertiary/aromatic N) is 5. The van der Waals surface area contributed by atoms with Crippen molar-refractivity contribution < 1.29 is 39.5 Å². The fraction of sp³-hybridized carbons (Fsp3) is 0.583. The molecule has 2 fully saturated rings. The second-order valence-electron chi connectivity index (χ2n) is 8.30. The van der Waals surface area contributed by atoms with E-state index in [4.69, 9.17) is 19.8 Å². The van der Waals surface area contributed by atoms with Gasteiger partial charge in [0.1, 0.15) is 18.0 Å². The summed E-state index contributed by atoms with van der Waals surface area (Å²) in [6.45, 7) is -1.28. The molecule has 6 atom stereocenters. The monoisotopic (exact) mass is 529 g/mol. The molecule has 194 valence electrons. The van der Waals surface area contributed by atoms with E-state index in [0.29, 0.717) is 11.8 Å². The van der Waals surface area contributed by atoms with Gasteiger partial charge < -0.3 is 25.4 Å². The molecule has 0 spiro atoms. The molecule has 36 heavy (non-hydrogen) atoms. The summed E-state index contributed by atoms with van der Waals surface area (Å²) in [6.07, 6.45) is -9.01. The quantitative estimate of drug-likeness (QED) is 0.228. The molecule has 12 heteroatoms. The maximum absolute atomic E-state index is 14.8. The van der Waals surface area contributed by atoms with E-state index in [9.17, 15) is 19.7 Å². The normalized spacial score (nSPS) is 34.7. The molecule has 2 aromatic heterocycles. The van der Waals surface area contributed by atoms with Gasteiger partial charge in [-0.05, 0) is 36.8 Å². The van der Waals surface area contributed by atoms with Crippen LogP contribution in [0.4, 0.5) is 10.2 Å². The summed E-state index contributed by atoms with van der Waals surface area (Å²) in [6, 6.07) is -4.08. The minimum atomic E-state index is -2.72. The molecule has 1 aromatic carbocycles. The molecular weight excluding hydrogens is 487 g/mol. The van der Waals surface area contributed by atoms with Crippen LogP contribution in [0, 0.1) is 12.7 Å². The molecule has 0 aliphatic heterocycles. The summed E-state index contributed by atoms with van der Waals surface area (Å²) < 4.78 is 110.